The first kappa shape index (κ1) is 16.9. The lowest BCUT2D eigenvalue weighted by Crippen LogP contribution is -2.26. The van der Waals surface area contributed by atoms with Gasteiger partial charge in [0.05, 0.1) is 0 Å². The molecule has 1 aromatic rings. The molecule has 0 saturated heterocycles. The predicted molar refractivity (Wildman–Crippen MR) is 75.1 cm³/mol. The first-order valence-corrected chi connectivity index (χ1v) is 8.01. The third-order valence-electron chi connectivity index (χ3n) is 2.79. The SMILES string of the molecule is CC(CCNS(=O)(=O)c1cccnc1Cl)CCC(=O)O. The van der Waals surface area contributed by atoms with Crippen LogP contribution in [0.15, 0.2) is 23.2 Å². The van der Waals surface area contributed by atoms with Gasteiger partial charge in [-0.05, 0) is 30.9 Å². The van der Waals surface area contributed by atoms with Crippen molar-refractivity contribution in [1.29, 1.82) is 0 Å². The Morgan fingerprint density at radius 1 is 1.50 bits per heavy atom. The number of carbonyl (C=O) groups is 1. The van der Waals surface area contributed by atoms with Crippen molar-refractivity contribution in [2.75, 3.05) is 6.54 Å². The third-order valence-corrected chi connectivity index (χ3v) is 4.70. The van der Waals surface area contributed by atoms with E-state index in [4.69, 9.17) is 16.7 Å². The molecule has 0 saturated carbocycles. The zero-order valence-electron chi connectivity index (χ0n) is 11.0. The highest BCUT2D eigenvalue weighted by atomic mass is 35.5. The number of aliphatic carboxylic acids is 1. The molecule has 1 atom stereocenters. The Balaban J connectivity index is 2.49. The fourth-order valence-corrected chi connectivity index (χ4v) is 3.10. The molecule has 0 radical (unpaired) electrons. The Morgan fingerprint density at radius 3 is 2.80 bits per heavy atom. The van der Waals surface area contributed by atoms with Crippen molar-refractivity contribution >= 4 is 27.6 Å². The number of halogens is 1. The van der Waals surface area contributed by atoms with Crippen molar-refractivity contribution in [3.63, 3.8) is 0 Å². The van der Waals surface area contributed by atoms with Crippen molar-refractivity contribution in [2.45, 2.75) is 31.1 Å². The summed E-state index contributed by atoms with van der Waals surface area (Å²) in [4.78, 5) is 14.1. The topological polar surface area (TPSA) is 96.4 Å². The maximum absolute atomic E-state index is 12.0. The maximum atomic E-state index is 12.0. The second-order valence-electron chi connectivity index (χ2n) is 4.52. The van der Waals surface area contributed by atoms with E-state index in [-0.39, 0.29) is 28.9 Å². The predicted octanol–water partition coefficient (Wildman–Crippen LogP) is 1.90. The van der Waals surface area contributed by atoms with Gasteiger partial charge in [-0.1, -0.05) is 18.5 Å². The highest BCUT2D eigenvalue weighted by Gasteiger charge is 2.18. The van der Waals surface area contributed by atoms with E-state index >= 15 is 0 Å². The van der Waals surface area contributed by atoms with E-state index < -0.39 is 16.0 Å². The molecule has 0 aromatic carbocycles. The molecule has 112 valence electrons. The van der Waals surface area contributed by atoms with E-state index in [0.717, 1.165) is 0 Å². The van der Waals surface area contributed by atoms with Crippen LogP contribution in [-0.2, 0) is 14.8 Å². The molecule has 0 spiro atoms. The summed E-state index contributed by atoms with van der Waals surface area (Å²) in [6, 6.07) is 2.88. The van der Waals surface area contributed by atoms with Gasteiger partial charge in [0, 0.05) is 19.2 Å². The molecule has 0 amide bonds. The molecule has 0 fully saturated rings. The molecule has 0 bridgehead atoms. The maximum Gasteiger partial charge on any atom is 0.303 e. The van der Waals surface area contributed by atoms with Crippen molar-refractivity contribution in [3.8, 4) is 0 Å². The molecule has 1 aromatic heterocycles. The lowest BCUT2D eigenvalue weighted by atomic mass is 10.0. The van der Waals surface area contributed by atoms with Gasteiger partial charge in [0.2, 0.25) is 10.0 Å². The van der Waals surface area contributed by atoms with Gasteiger partial charge < -0.3 is 5.11 Å². The largest absolute Gasteiger partial charge is 0.481 e. The van der Waals surface area contributed by atoms with E-state index in [1.165, 1.54) is 18.3 Å². The Labute approximate surface area is 123 Å². The number of carboxylic acids is 1. The second-order valence-corrected chi connectivity index (χ2v) is 6.61. The van der Waals surface area contributed by atoms with Crippen molar-refractivity contribution in [2.24, 2.45) is 5.92 Å². The highest BCUT2D eigenvalue weighted by Crippen LogP contribution is 2.17. The van der Waals surface area contributed by atoms with Crippen LogP contribution >= 0.6 is 11.6 Å². The standard InChI is InChI=1S/C12H17ClN2O4S/c1-9(4-5-11(16)17)6-8-15-20(18,19)10-3-2-7-14-12(10)13/h2-3,7,9,15H,4-6,8H2,1H3,(H,16,17). The second kappa shape index (κ2) is 7.56. The Morgan fingerprint density at radius 2 is 2.20 bits per heavy atom. The first-order chi connectivity index (χ1) is 9.33. The summed E-state index contributed by atoms with van der Waals surface area (Å²) in [6.45, 7) is 2.11. The molecule has 8 heteroatoms. The molecule has 1 unspecified atom stereocenters. The third kappa shape index (κ3) is 5.44. The minimum absolute atomic E-state index is 0.0557. The number of hydrogen-bond donors (Lipinski definition) is 2. The molecule has 1 rings (SSSR count). The number of hydrogen-bond acceptors (Lipinski definition) is 4. The minimum atomic E-state index is -3.68. The van der Waals surface area contributed by atoms with E-state index in [1.54, 1.807) is 0 Å². The Hall–Kier alpha value is -1.18. The van der Waals surface area contributed by atoms with Crippen LogP contribution in [0, 0.1) is 5.92 Å². The van der Waals surface area contributed by atoms with Gasteiger partial charge in [-0.25, -0.2) is 18.1 Å². The van der Waals surface area contributed by atoms with E-state index in [1.807, 2.05) is 6.92 Å². The summed E-state index contributed by atoms with van der Waals surface area (Å²) in [5, 5.41) is 8.49. The normalized spacial score (nSPS) is 13.1. The zero-order valence-corrected chi connectivity index (χ0v) is 12.6. The fourth-order valence-electron chi connectivity index (χ4n) is 1.60. The van der Waals surface area contributed by atoms with Gasteiger partial charge in [0.15, 0.2) is 0 Å². The van der Waals surface area contributed by atoms with Gasteiger partial charge in [-0.3, -0.25) is 4.79 Å². The van der Waals surface area contributed by atoms with Crippen molar-refractivity contribution in [3.05, 3.63) is 23.5 Å². The van der Waals surface area contributed by atoms with Gasteiger partial charge in [-0.15, -0.1) is 0 Å². The van der Waals surface area contributed by atoms with Gasteiger partial charge >= 0.3 is 5.97 Å². The van der Waals surface area contributed by atoms with Crippen LogP contribution in [-0.4, -0.2) is 31.0 Å². The van der Waals surface area contributed by atoms with Crippen LogP contribution < -0.4 is 4.72 Å². The van der Waals surface area contributed by atoms with Crippen LogP contribution in [0.25, 0.3) is 0 Å². The average Bonchev–Trinajstić information content (AvgIpc) is 2.36. The summed E-state index contributed by atoms with van der Waals surface area (Å²) >= 11 is 5.74. The fraction of sp³-hybridized carbons (Fsp3) is 0.500. The number of aromatic nitrogens is 1. The first-order valence-electron chi connectivity index (χ1n) is 6.15. The van der Waals surface area contributed by atoms with E-state index in [9.17, 15) is 13.2 Å². The molecule has 0 aliphatic rings. The number of rotatable bonds is 8. The van der Waals surface area contributed by atoms with E-state index in [0.29, 0.717) is 12.8 Å². The number of pyridine rings is 1. The molecule has 0 aliphatic heterocycles. The van der Waals surface area contributed by atoms with E-state index in [2.05, 4.69) is 9.71 Å². The summed E-state index contributed by atoms with van der Waals surface area (Å²) in [7, 11) is -3.68. The molecule has 6 nitrogen and oxygen atoms in total. The van der Waals surface area contributed by atoms with Gasteiger partial charge in [-0.2, -0.15) is 0 Å². The summed E-state index contributed by atoms with van der Waals surface area (Å²) in [5.74, 6) is -0.724. The van der Waals surface area contributed by atoms with Gasteiger partial charge in [0.25, 0.3) is 0 Å². The smallest absolute Gasteiger partial charge is 0.303 e. The minimum Gasteiger partial charge on any atom is -0.481 e. The molecule has 20 heavy (non-hydrogen) atoms. The summed E-state index contributed by atoms with van der Waals surface area (Å²) < 4.78 is 26.4. The van der Waals surface area contributed by atoms with Crippen LogP contribution in [0.5, 0.6) is 0 Å². The quantitative estimate of drug-likeness (QED) is 0.713. The lowest BCUT2D eigenvalue weighted by Gasteiger charge is -2.11. The summed E-state index contributed by atoms with van der Waals surface area (Å²) in [6.07, 6.45) is 2.58. The number of carboxylic acid groups (broad SMARTS) is 1. The zero-order chi connectivity index (χ0) is 15.2. The number of sulfonamides is 1. The monoisotopic (exact) mass is 320 g/mol. The van der Waals surface area contributed by atoms with Crippen LogP contribution in [0.2, 0.25) is 5.15 Å². The molecular formula is C12H17ClN2O4S. The van der Waals surface area contributed by atoms with Crippen LogP contribution in [0.3, 0.4) is 0 Å². The van der Waals surface area contributed by atoms with Crippen LogP contribution in [0.4, 0.5) is 0 Å². The van der Waals surface area contributed by atoms with Crippen LogP contribution in [0.1, 0.15) is 26.2 Å². The molecule has 1 heterocycles. The molecular weight excluding hydrogens is 304 g/mol. The Bertz CT molecular complexity index is 562. The lowest BCUT2D eigenvalue weighted by molar-refractivity contribution is -0.137. The Kier molecular flexibility index (Phi) is 6.38. The number of nitrogens with one attached hydrogen (secondary N) is 1. The molecule has 2 N–H and O–H groups in total. The average molecular weight is 321 g/mol. The number of nitrogens with zero attached hydrogens (tertiary/aromatic N) is 1. The van der Waals surface area contributed by atoms with Crippen molar-refractivity contribution in [1.82, 2.24) is 9.71 Å². The van der Waals surface area contributed by atoms with Crippen molar-refractivity contribution < 1.29 is 18.3 Å². The molecule has 0 aliphatic carbocycles. The highest BCUT2D eigenvalue weighted by molar-refractivity contribution is 7.89. The summed E-state index contributed by atoms with van der Waals surface area (Å²) in [5.41, 5.74) is 0. The van der Waals surface area contributed by atoms with Gasteiger partial charge in [0.1, 0.15) is 10.0 Å².